The number of aryl methyl sites for hydroxylation is 1. The zero-order valence-electron chi connectivity index (χ0n) is 15.3. The molecule has 1 aliphatic heterocycles. The summed E-state index contributed by atoms with van der Waals surface area (Å²) in [5, 5.41) is 1.32. The van der Waals surface area contributed by atoms with Crippen LogP contribution >= 0.6 is 45.9 Å². The molecule has 3 aromatic rings. The number of anilines is 1. The van der Waals surface area contributed by atoms with Crippen molar-refractivity contribution in [2.45, 2.75) is 6.92 Å². The molecule has 9 heteroatoms. The van der Waals surface area contributed by atoms with Crippen LogP contribution in [-0.4, -0.2) is 55.2 Å². The summed E-state index contributed by atoms with van der Waals surface area (Å²) in [6.45, 7) is 6.51. The number of rotatable bonds is 5. The van der Waals surface area contributed by atoms with Crippen LogP contribution in [0.1, 0.15) is 15.2 Å². The van der Waals surface area contributed by atoms with Crippen LogP contribution in [0.2, 0.25) is 9.36 Å². The van der Waals surface area contributed by atoms with Gasteiger partial charge < -0.3 is 4.74 Å². The molecule has 2 aromatic heterocycles. The third kappa shape index (κ3) is 4.20. The minimum atomic E-state index is -0.0852. The molecule has 4 rings (SSSR count). The van der Waals surface area contributed by atoms with E-state index < -0.39 is 0 Å². The van der Waals surface area contributed by atoms with Crippen molar-refractivity contribution in [3.8, 4) is 0 Å². The van der Waals surface area contributed by atoms with Crippen LogP contribution in [0.3, 0.4) is 0 Å². The van der Waals surface area contributed by atoms with Crippen molar-refractivity contribution < 1.29 is 9.53 Å². The van der Waals surface area contributed by atoms with Gasteiger partial charge in [-0.25, -0.2) is 4.98 Å². The highest BCUT2D eigenvalue weighted by Crippen LogP contribution is 2.36. The molecule has 3 heterocycles. The molecule has 0 atom stereocenters. The maximum atomic E-state index is 13.2. The first-order valence-corrected chi connectivity index (χ1v) is 11.3. The molecule has 0 radical (unpaired) electrons. The highest BCUT2D eigenvalue weighted by molar-refractivity contribution is 7.23. The lowest BCUT2D eigenvalue weighted by Gasteiger charge is -2.29. The second-order valence-electron chi connectivity index (χ2n) is 6.55. The van der Waals surface area contributed by atoms with Crippen molar-refractivity contribution in [3.05, 3.63) is 44.1 Å². The van der Waals surface area contributed by atoms with Crippen molar-refractivity contribution in [2.75, 3.05) is 44.3 Å². The number of morpholine rings is 1. The molecule has 0 saturated carbocycles. The summed E-state index contributed by atoms with van der Waals surface area (Å²) in [6, 6.07) is 7.34. The van der Waals surface area contributed by atoms with Gasteiger partial charge in [-0.15, -0.1) is 11.3 Å². The summed E-state index contributed by atoms with van der Waals surface area (Å²) in [5.41, 5.74) is 1.89. The van der Waals surface area contributed by atoms with E-state index in [0.29, 0.717) is 25.9 Å². The number of fused-ring (bicyclic) bond motifs is 1. The molecular weight excluding hydrogens is 437 g/mol. The van der Waals surface area contributed by atoms with Gasteiger partial charge >= 0.3 is 0 Å². The Bertz CT molecular complexity index is 959. The Morgan fingerprint density at radius 1 is 1.21 bits per heavy atom. The van der Waals surface area contributed by atoms with Gasteiger partial charge in [-0.05, 0) is 30.7 Å². The van der Waals surface area contributed by atoms with E-state index in [4.69, 9.17) is 32.9 Å². The van der Waals surface area contributed by atoms with Crippen molar-refractivity contribution in [2.24, 2.45) is 0 Å². The quantitative estimate of drug-likeness (QED) is 0.545. The summed E-state index contributed by atoms with van der Waals surface area (Å²) in [5.74, 6) is -0.0852. The number of aromatic nitrogens is 1. The summed E-state index contributed by atoms with van der Waals surface area (Å²) in [4.78, 5) is 22.7. The Balaban J connectivity index is 1.66. The minimum Gasteiger partial charge on any atom is -0.379 e. The lowest BCUT2D eigenvalue weighted by atomic mass is 10.2. The maximum Gasteiger partial charge on any atom is 0.270 e. The number of thiazole rings is 1. The van der Waals surface area contributed by atoms with E-state index in [2.05, 4.69) is 4.90 Å². The number of carbonyl (C=O) groups excluding carboxylic acids is 1. The number of halogens is 2. The van der Waals surface area contributed by atoms with Gasteiger partial charge in [0.15, 0.2) is 5.13 Å². The molecule has 1 aromatic carbocycles. The Hall–Kier alpha value is -1.22. The van der Waals surface area contributed by atoms with E-state index in [9.17, 15) is 4.79 Å². The van der Waals surface area contributed by atoms with Crippen LogP contribution in [0, 0.1) is 6.92 Å². The fraction of sp³-hybridized carbons (Fsp3) is 0.368. The first kappa shape index (κ1) is 20.1. The van der Waals surface area contributed by atoms with Crippen LogP contribution in [0.4, 0.5) is 5.13 Å². The monoisotopic (exact) mass is 455 g/mol. The average Bonchev–Trinajstić information content (AvgIpc) is 3.33. The second-order valence-corrected chi connectivity index (χ2v) is 9.65. The van der Waals surface area contributed by atoms with E-state index in [-0.39, 0.29) is 5.91 Å². The van der Waals surface area contributed by atoms with Crippen LogP contribution < -0.4 is 4.90 Å². The SMILES string of the molecule is Cc1ccc(Cl)c2sc(N(CCN3CCOCC3)C(=O)c3ccc(Cl)s3)nc12. The molecule has 1 aliphatic rings. The number of hydrogen-bond donors (Lipinski definition) is 0. The standard InChI is InChI=1S/C19H19Cl2N3O2S2/c1-12-2-3-13(20)17-16(12)22-19(28-17)24(7-6-23-8-10-26-11-9-23)18(25)14-4-5-15(21)27-14/h2-5H,6-11H2,1H3. The van der Waals surface area contributed by atoms with E-state index >= 15 is 0 Å². The lowest BCUT2D eigenvalue weighted by molar-refractivity contribution is 0.0391. The van der Waals surface area contributed by atoms with Gasteiger partial charge in [0.1, 0.15) is 0 Å². The highest BCUT2D eigenvalue weighted by atomic mass is 35.5. The van der Waals surface area contributed by atoms with Crippen LogP contribution in [0.5, 0.6) is 0 Å². The van der Waals surface area contributed by atoms with Crippen LogP contribution in [-0.2, 0) is 4.74 Å². The molecule has 28 heavy (non-hydrogen) atoms. The number of thiophene rings is 1. The predicted molar refractivity (Wildman–Crippen MR) is 118 cm³/mol. The number of hydrogen-bond acceptors (Lipinski definition) is 6. The van der Waals surface area contributed by atoms with Gasteiger partial charge in [-0.2, -0.15) is 0 Å². The molecule has 148 valence electrons. The predicted octanol–water partition coefficient (Wildman–Crippen LogP) is 4.95. The molecule has 0 spiro atoms. The van der Waals surface area contributed by atoms with Crippen molar-refractivity contribution in [1.82, 2.24) is 9.88 Å². The number of ether oxygens (including phenoxy) is 1. The summed E-state index contributed by atoms with van der Waals surface area (Å²) in [7, 11) is 0. The van der Waals surface area contributed by atoms with Gasteiger partial charge in [0.25, 0.3) is 5.91 Å². The lowest BCUT2D eigenvalue weighted by Crippen LogP contribution is -2.43. The smallest absolute Gasteiger partial charge is 0.270 e. The van der Waals surface area contributed by atoms with Gasteiger partial charge in [0, 0.05) is 26.2 Å². The normalized spacial score (nSPS) is 15.2. The molecule has 1 fully saturated rings. The maximum absolute atomic E-state index is 13.2. The largest absolute Gasteiger partial charge is 0.379 e. The van der Waals surface area contributed by atoms with Gasteiger partial charge in [0.05, 0.1) is 37.7 Å². The number of nitrogens with zero attached hydrogens (tertiary/aromatic N) is 3. The molecule has 0 aliphatic carbocycles. The molecule has 0 bridgehead atoms. The third-order valence-corrected chi connectivity index (χ3v) is 7.45. The van der Waals surface area contributed by atoms with Crippen molar-refractivity contribution >= 4 is 67.1 Å². The molecule has 1 saturated heterocycles. The summed E-state index contributed by atoms with van der Waals surface area (Å²) in [6.07, 6.45) is 0. The number of amides is 1. The summed E-state index contributed by atoms with van der Waals surface area (Å²) < 4.78 is 6.92. The first-order chi connectivity index (χ1) is 13.5. The van der Waals surface area contributed by atoms with Crippen molar-refractivity contribution in [1.29, 1.82) is 0 Å². The van der Waals surface area contributed by atoms with E-state index in [1.54, 1.807) is 17.0 Å². The number of carbonyl (C=O) groups is 1. The Morgan fingerprint density at radius 2 is 2.00 bits per heavy atom. The Morgan fingerprint density at radius 3 is 2.68 bits per heavy atom. The highest BCUT2D eigenvalue weighted by Gasteiger charge is 2.24. The molecule has 0 unspecified atom stereocenters. The second kappa shape index (κ2) is 8.65. The fourth-order valence-corrected chi connectivity index (χ4v) is 5.45. The molecule has 0 N–H and O–H groups in total. The summed E-state index contributed by atoms with van der Waals surface area (Å²) >= 11 is 15.2. The fourth-order valence-electron chi connectivity index (χ4n) is 3.12. The van der Waals surface area contributed by atoms with E-state index in [0.717, 1.165) is 48.6 Å². The van der Waals surface area contributed by atoms with E-state index in [1.165, 1.54) is 22.7 Å². The minimum absolute atomic E-state index is 0.0852. The third-order valence-electron chi connectivity index (χ3n) is 4.69. The molecule has 1 amide bonds. The van der Waals surface area contributed by atoms with Crippen LogP contribution in [0.15, 0.2) is 24.3 Å². The Kier molecular flexibility index (Phi) is 6.20. The zero-order chi connectivity index (χ0) is 19.7. The molecular formula is C19H19Cl2N3O2S2. The first-order valence-electron chi connectivity index (χ1n) is 8.96. The van der Waals surface area contributed by atoms with Gasteiger partial charge in [0.2, 0.25) is 0 Å². The van der Waals surface area contributed by atoms with Gasteiger partial charge in [-0.3, -0.25) is 14.6 Å². The number of benzene rings is 1. The van der Waals surface area contributed by atoms with Crippen LogP contribution in [0.25, 0.3) is 10.2 Å². The average molecular weight is 456 g/mol. The molecule has 5 nitrogen and oxygen atoms in total. The van der Waals surface area contributed by atoms with Gasteiger partial charge in [-0.1, -0.05) is 40.6 Å². The van der Waals surface area contributed by atoms with E-state index in [1.807, 2.05) is 19.1 Å². The van der Waals surface area contributed by atoms with Crippen molar-refractivity contribution in [3.63, 3.8) is 0 Å². The zero-order valence-corrected chi connectivity index (χ0v) is 18.4. The topological polar surface area (TPSA) is 45.7 Å². The Labute approximate surface area is 181 Å².